The van der Waals surface area contributed by atoms with Gasteiger partial charge >= 0.3 is 0 Å². The first-order valence-electron chi connectivity index (χ1n) is 5.78. The second kappa shape index (κ2) is 5.00. The van der Waals surface area contributed by atoms with E-state index in [1.807, 2.05) is 24.3 Å². The standard InChI is InChI=1S/C15H7N3OS/c16-8-10(9-17)7-11-5-6-13(19-11)15-18-12-3-1-2-4-14(12)20-15/h1-7H. The van der Waals surface area contributed by atoms with Gasteiger partial charge in [-0.3, -0.25) is 0 Å². The second-order valence-electron chi connectivity index (χ2n) is 3.97. The van der Waals surface area contributed by atoms with Gasteiger partial charge in [-0.05, 0) is 24.3 Å². The minimum absolute atomic E-state index is 0.00944. The molecule has 1 aromatic carbocycles. The van der Waals surface area contributed by atoms with Gasteiger partial charge in [-0.2, -0.15) is 10.5 Å². The van der Waals surface area contributed by atoms with Crippen LogP contribution in [0.3, 0.4) is 0 Å². The number of aromatic nitrogens is 1. The highest BCUT2D eigenvalue weighted by atomic mass is 32.1. The molecule has 0 fully saturated rings. The van der Waals surface area contributed by atoms with Crippen molar-refractivity contribution in [2.45, 2.75) is 0 Å². The lowest BCUT2D eigenvalue weighted by Gasteiger charge is -1.88. The van der Waals surface area contributed by atoms with E-state index < -0.39 is 0 Å². The first kappa shape index (κ1) is 12.2. The van der Waals surface area contributed by atoms with Gasteiger partial charge in [0.25, 0.3) is 0 Å². The van der Waals surface area contributed by atoms with E-state index in [1.54, 1.807) is 24.3 Å². The average Bonchev–Trinajstić information content (AvgIpc) is 3.10. The van der Waals surface area contributed by atoms with E-state index in [2.05, 4.69) is 4.98 Å². The third-order valence-electron chi connectivity index (χ3n) is 2.66. The molecule has 0 amide bonds. The molecular formula is C15H7N3OS. The highest BCUT2D eigenvalue weighted by Crippen LogP contribution is 2.31. The summed E-state index contributed by atoms with van der Waals surface area (Å²) in [6, 6.07) is 15.0. The van der Waals surface area contributed by atoms with E-state index in [0.717, 1.165) is 15.2 Å². The van der Waals surface area contributed by atoms with Crippen molar-refractivity contribution in [3.8, 4) is 22.9 Å². The number of para-hydroxylation sites is 1. The number of hydrogen-bond acceptors (Lipinski definition) is 5. The van der Waals surface area contributed by atoms with Gasteiger partial charge in [-0.15, -0.1) is 11.3 Å². The molecule has 5 heteroatoms. The molecule has 2 heterocycles. The Kier molecular flexibility index (Phi) is 3.04. The molecule has 0 saturated heterocycles. The van der Waals surface area contributed by atoms with Crippen molar-refractivity contribution in [2.24, 2.45) is 0 Å². The maximum absolute atomic E-state index is 8.71. The summed E-state index contributed by atoms with van der Waals surface area (Å²) in [6.07, 6.45) is 1.41. The highest BCUT2D eigenvalue weighted by Gasteiger charge is 2.10. The van der Waals surface area contributed by atoms with Crippen LogP contribution in [-0.2, 0) is 0 Å². The van der Waals surface area contributed by atoms with Crippen LogP contribution in [0.2, 0.25) is 0 Å². The fourth-order valence-electron chi connectivity index (χ4n) is 1.75. The Morgan fingerprint density at radius 1 is 1.15 bits per heavy atom. The summed E-state index contributed by atoms with van der Waals surface area (Å²) in [5, 5.41) is 18.2. The maximum atomic E-state index is 8.71. The zero-order valence-electron chi connectivity index (χ0n) is 10.2. The number of benzene rings is 1. The zero-order valence-corrected chi connectivity index (χ0v) is 11.0. The molecule has 0 radical (unpaired) electrons. The molecule has 0 unspecified atom stereocenters. The Hall–Kier alpha value is -2.89. The fraction of sp³-hybridized carbons (Fsp3) is 0. The van der Waals surface area contributed by atoms with E-state index in [-0.39, 0.29) is 5.57 Å². The maximum Gasteiger partial charge on any atom is 0.163 e. The molecule has 0 atom stereocenters. The normalized spacial score (nSPS) is 9.90. The van der Waals surface area contributed by atoms with Crippen molar-refractivity contribution < 1.29 is 4.42 Å². The van der Waals surface area contributed by atoms with E-state index in [4.69, 9.17) is 14.9 Å². The number of thiazole rings is 1. The first-order chi connectivity index (χ1) is 9.80. The lowest BCUT2D eigenvalue weighted by molar-refractivity contribution is 0.571. The summed E-state index contributed by atoms with van der Waals surface area (Å²) in [5.74, 6) is 1.10. The number of rotatable bonds is 2. The van der Waals surface area contributed by atoms with Crippen LogP contribution in [0.5, 0.6) is 0 Å². The molecule has 4 nitrogen and oxygen atoms in total. The Morgan fingerprint density at radius 2 is 1.95 bits per heavy atom. The topological polar surface area (TPSA) is 73.6 Å². The Morgan fingerprint density at radius 3 is 2.70 bits per heavy atom. The lowest BCUT2D eigenvalue weighted by atomic mass is 10.3. The molecule has 94 valence electrons. The van der Waals surface area contributed by atoms with Gasteiger partial charge in [0.15, 0.2) is 10.8 Å². The van der Waals surface area contributed by atoms with Crippen LogP contribution in [0.4, 0.5) is 0 Å². The molecular weight excluding hydrogens is 270 g/mol. The Bertz CT molecular complexity index is 841. The highest BCUT2D eigenvalue weighted by molar-refractivity contribution is 7.21. The van der Waals surface area contributed by atoms with Crippen molar-refractivity contribution in [1.29, 1.82) is 10.5 Å². The quantitative estimate of drug-likeness (QED) is 0.664. The minimum atomic E-state index is 0.00944. The van der Waals surface area contributed by atoms with Crippen LogP contribution in [0, 0.1) is 22.7 Å². The van der Waals surface area contributed by atoms with Gasteiger partial charge in [0.2, 0.25) is 0 Å². The molecule has 2 aromatic heterocycles. The number of nitriles is 2. The number of fused-ring (bicyclic) bond motifs is 1. The summed E-state index contributed by atoms with van der Waals surface area (Å²) in [4.78, 5) is 4.49. The third kappa shape index (κ3) is 2.18. The summed E-state index contributed by atoms with van der Waals surface area (Å²) in [5.41, 5.74) is 0.936. The second-order valence-corrected chi connectivity index (χ2v) is 5.00. The van der Waals surface area contributed by atoms with E-state index in [0.29, 0.717) is 11.5 Å². The van der Waals surface area contributed by atoms with Crippen molar-refractivity contribution in [3.05, 3.63) is 47.7 Å². The number of nitrogens with zero attached hydrogens (tertiary/aromatic N) is 3. The smallest absolute Gasteiger partial charge is 0.163 e. The van der Waals surface area contributed by atoms with Crippen molar-refractivity contribution in [2.75, 3.05) is 0 Å². The summed E-state index contributed by atoms with van der Waals surface area (Å²) < 4.78 is 6.69. The largest absolute Gasteiger partial charge is 0.454 e. The van der Waals surface area contributed by atoms with Crippen LogP contribution in [0.1, 0.15) is 5.76 Å². The predicted octanol–water partition coefficient (Wildman–Crippen LogP) is 3.99. The van der Waals surface area contributed by atoms with Crippen molar-refractivity contribution >= 4 is 27.6 Å². The molecule has 0 aliphatic rings. The van der Waals surface area contributed by atoms with E-state index in [1.165, 1.54) is 17.4 Å². The average molecular weight is 277 g/mol. The van der Waals surface area contributed by atoms with Gasteiger partial charge in [-0.1, -0.05) is 12.1 Å². The van der Waals surface area contributed by atoms with Gasteiger partial charge in [0, 0.05) is 6.08 Å². The molecule has 0 aliphatic carbocycles. The fourth-order valence-corrected chi connectivity index (χ4v) is 2.68. The molecule has 0 saturated carbocycles. The van der Waals surface area contributed by atoms with Crippen LogP contribution >= 0.6 is 11.3 Å². The number of allylic oxidation sites excluding steroid dienone is 1. The van der Waals surface area contributed by atoms with Gasteiger partial charge in [0.1, 0.15) is 23.5 Å². The molecule has 20 heavy (non-hydrogen) atoms. The molecule has 3 aromatic rings. The van der Waals surface area contributed by atoms with Crippen LogP contribution in [0.15, 0.2) is 46.4 Å². The first-order valence-corrected chi connectivity index (χ1v) is 6.59. The molecule has 3 rings (SSSR count). The van der Waals surface area contributed by atoms with Gasteiger partial charge in [-0.25, -0.2) is 4.98 Å². The number of furan rings is 1. The Labute approximate surface area is 118 Å². The van der Waals surface area contributed by atoms with Crippen molar-refractivity contribution in [3.63, 3.8) is 0 Å². The zero-order chi connectivity index (χ0) is 13.9. The van der Waals surface area contributed by atoms with Crippen molar-refractivity contribution in [1.82, 2.24) is 4.98 Å². The lowest BCUT2D eigenvalue weighted by Crippen LogP contribution is -1.72. The molecule has 0 N–H and O–H groups in total. The molecule has 0 bridgehead atoms. The molecule has 0 spiro atoms. The summed E-state index contributed by atoms with van der Waals surface area (Å²) in [7, 11) is 0. The van der Waals surface area contributed by atoms with Crippen LogP contribution < -0.4 is 0 Å². The summed E-state index contributed by atoms with van der Waals surface area (Å²) >= 11 is 1.54. The molecule has 0 aliphatic heterocycles. The van der Waals surface area contributed by atoms with Crippen LogP contribution in [0.25, 0.3) is 27.1 Å². The van der Waals surface area contributed by atoms with Crippen LogP contribution in [-0.4, -0.2) is 4.98 Å². The van der Waals surface area contributed by atoms with Gasteiger partial charge < -0.3 is 4.42 Å². The predicted molar refractivity (Wildman–Crippen MR) is 76.5 cm³/mol. The van der Waals surface area contributed by atoms with E-state index in [9.17, 15) is 0 Å². The number of hydrogen-bond donors (Lipinski definition) is 0. The third-order valence-corrected chi connectivity index (χ3v) is 3.71. The van der Waals surface area contributed by atoms with E-state index >= 15 is 0 Å². The Balaban J connectivity index is 2.00. The SMILES string of the molecule is N#CC(C#N)=Cc1ccc(-c2nc3ccccc3s2)o1. The monoisotopic (exact) mass is 277 g/mol. The van der Waals surface area contributed by atoms with Gasteiger partial charge in [0.05, 0.1) is 10.2 Å². The minimum Gasteiger partial charge on any atom is -0.454 e. The summed E-state index contributed by atoms with van der Waals surface area (Å²) in [6.45, 7) is 0.